The summed E-state index contributed by atoms with van der Waals surface area (Å²) in [5, 5.41) is 28.2. The van der Waals surface area contributed by atoms with E-state index < -0.39 is 11.0 Å². The Bertz CT molecular complexity index is 480. The fourth-order valence-electron chi connectivity index (χ4n) is 2.15. The van der Waals surface area contributed by atoms with Gasteiger partial charge in [0.05, 0.1) is 11.0 Å². The Morgan fingerprint density at radius 2 is 2.21 bits per heavy atom. The number of aliphatic hydroxyl groups is 1. The smallest absolute Gasteiger partial charge is 0.334 e. The lowest BCUT2D eigenvalue weighted by molar-refractivity contribution is -0.384. The lowest BCUT2D eigenvalue weighted by atomic mass is 10.1. The minimum atomic E-state index is -0.447. The first-order valence-electron chi connectivity index (χ1n) is 6.55. The largest absolute Gasteiger partial charge is 0.391 e. The Hall–Kier alpha value is -1.63. The maximum atomic E-state index is 11.2. The highest BCUT2D eigenvalue weighted by Crippen LogP contribution is 2.35. The molecule has 1 atom stereocenters. The quantitative estimate of drug-likeness (QED) is 0.604. The maximum absolute atomic E-state index is 11.2. The van der Waals surface area contributed by atoms with Crippen molar-refractivity contribution in [3.8, 4) is 0 Å². The summed E-state index contributed by atoms with van der Waals surface area (Å²) in [6.07, 6.45) is 1.62. The second-order valence-corrected chi connectivity index (χ2v) is 5.40. The van der Waals surface area contributed by atoms with Crippen molar-refractivity contribution in [3.05, 3.63) is 15.8 Å². The highest BCUT2D eigenvalue weighted by atomic mass is 16.6. The highest BCUT2D eigenvalue weighted by Gasteiger charge is 2.32. The number of aryl methyl sites for hydroxylation is 1. The van der Waals surface area contributed by atoms with E-state index in [1.807, 2.05) is 13.8 Å². The van der Waals surface area contributed by atoms with Crippen LogP contribution >= 0.6 is 0 Å². The van der Waals surface area contributed by atoms with Crippen LogP contribution in [0, 0.1) is 16.0 Å². The van der Waals surface area contributed by atoms with Gasteiger partial charge < -0.3 is 10.4 Å². The molecule has 0 aliphatic heterocycles. The normalized spacial score (nSPS) is 16.7. The second-order valence-electron chi connectivity index (χ2n) is 5.40. The molecule has 0 radical (unpaired) electrons. The average Bonchev–Trinajstić information content (AvgIpc) is 3.10. The van der Waals surface area contributed by atoms with E-state index in [0.717, 1.165) is 12.8 Å². The number of nitrogens with zero attached hydrogens (tertiary/aromatic N) is 3. The SMILES string of the molecule is CC(C)c1nn(C)c(NCC(O)C2CC2)c1[N+](=O)[O-]. The van der Waals surface area contributed by atoms with Crippen LogP contribution in [0.3, 0.4) is 0 Å². The summed E-state index contributed by atoms with van der Waals surface area (Å²) in [7, 11) is 1.67. The highest BCUT2D eigenvalue weighted by molar-refractivity contribution is 5.60. The zero-order valence-electron chi connectivity index (χ0n) is 11.5. The predicted molar refractivity (Wildman–Crippen MR) is 71.2 cm³/mol. The minimum Gasteiger partial charge on any atom is -0.391 e. The molecule has 0 saturated heterocycles. The van der Waals surface area contributed by atoms with Gasteiger partial charge >= 0.3 is 5.69 Å². The zero-order valence-corrected chi connectivity index (χ0v) is 11.5. The molecule has 7 heteroatoms. The number of aromatic nitrogens is 2. The summed E-state index contributed by atoms with van der Waals surface area (Å²) in [5.41, 5.74) is 0.483. The molecule has 0 aromatic carbocycles. The summed E-state index contributed by atoms with van der Waals surface area (Å²) in [4.78, 5) is 10.8. The molecular formula is C12H20N4O3. The fourth-order valence-corrected chi connectivity index (χ4v) is 2.15. The van der Waals surface area contributed by atoms with Crippen molar-refractivity contribution >= 4 is 11.5 Å². The molecule has 0 amide bonds. The van der Waals surface area contributed by atoms with Crippen molar-refractivity contribution < 1.29 is 10.0 Å². The van der Waals surface area contributed by atoms with Gasteiger partial charge in [0.25, 0.3) is 0 Å². The van der Waals surface area contributed by atoms with Gasteiger partial charge in [-0.25, -0.2) is 4.68 Å². The van der Waals surface area contributed by atoms with Crippen molar-refractivity contribution in [1.29, 1.82) is 0 Å². The summed E-state index contributed by atoms with van der Waals surface area (Å²) >= 11 is 0. The molecule has 1 fully saturated rings. The third-order valence-corrected chi connectivity index (χ3v) is 3.42. The van der Waals surface area contributed by atoms with E-state index in [0.29, 0.717) is 24.0 Å². The Morgan fingerprint density at radius 1 is 1.58 bits per heavy atom. The first-order chi connectivity index (χ1) is 8.91. The van der Waals surface area contributed by atoms with Crippen LogP contribution in [0.25, 0.3) is 0 Å². The van der Waals surface area contributed by atoms with Gasteiger partial charge in [-0.3, -0.25) is 10.1 Å². The third-order valence-electron chi connectivity index (χ3n) is 3.42. The molecule has 106 valence electrons. The number of hydrogen-bond donors (Lipinski definition) is 2. The number of rotatable bonds is 6. The monoisotopic (exact) mass is 268 g/mol. The summed E-state index contributed by atoms with van der Waals surface area (Å²) in [6.45, 7) is 4.07. The van der Waals surface area contributed by atoms with E-state index in [9.17, 15) is 15.2 Å². The number of aliphatic hydroxyl groups excluding tert-OH is 1. The number of hydrogen-bond acceptors (Lipinski definition) is 5. The standard InChI is InChI=1S/C12H20N4O3/c1-7(2)10-11(16(18)19)12(15(3)14-10)13-6-9(17)8-4-5-8/h7-9,13,17H,4-6H2,1-3H3. The van der Waals surface area contributed by atoms with Gasteiger partial charge in [-0.15, -0.1) is 0 Å². The molecule has 1 aromatic rings. The van der Waals surface area contributed by atoms with Crippen LogP contribution in [0.4, 0.5) is 11.5 Å². The molecule has 1 aliphatic carbocycles. The van der Waals surface area contributed by atoms with Crippen molar-refractivity contribution in [2.75, 3.05) is 11.9 Å². The molecule has 1 saturated carbocycles. The van der Waals surface area contributed by atoms with E-state index in [-0.39, 0.29) is 11.6 Å². The van der Waals surface area contributed by atoms with Crippen LogP contribution in [-0.4, -0.2) is 32.5 Å². The Kier molecular flexibility index (Phi) is 3.75. The van der Waals surface area contributed by atoms with Crippen LogP contribution in [0.5, 0.6) is 0 Å². The predicted octanol–water partition coefficient (Wildman–Crippen LogP) is 1.63. The van der Waals surface area contributed by atoms with Crippen molar-refractivity contribution in [2.24, 2.45) is 13.0 Å². The van der Waals surface area contributed by atoms with Gasteiger partial charge in [-0.2, -0.15) is 5.10 Å². The first kappa shape index (κ1) is 13.8. The van der Waals surface area contributed by atoms with Gasteiger partial charge in [0.2, 0.25) is 5.82 Å². The van der Waals surface area contributed by atoms with Gasteiger partial charge in [-0.05, 0) is 18.8 Å². The second kappa shape index (κ2) is 5.16. The molecule has 0 spiro atoms. The van der Waals surface area contributed by atoms with Crippen LogP contribution in [-0.2, 0) is 7.05 Å². The van der Waals surface area contributed by atoms with E-state index in [2.05, 4.69) is 10.4 Å². The van der Waals surface area contributed by atoms with Gasteiger partial charge in [-0.1, -0.05) is 13.8 Å². The van der Waals surface area contributed by atoms with Crippen molar-refractivity contribution in [1.82, 2.24) is 9.78 Å². The molecule has 0 bridgehead atoms. The third kappa shape index (κ3) is 2.86. The number of nitro groups is 1. The van der Waals surface area contributed by atoms with Crippen LogP contribution in [0.1, 0.15) is 38.3 Å². The molecular weight excluding hydrogens is 248 g/mol. The van der Waals surface area contributed by atoms with Gasteiger partial charge in [0, 0.05) is 19.5 Å². The summed E-state index contributed by atoms with van der Waals surface area (Å²) in [5.74, 6) is 0.688. The minimum absolute atomic E-state index is 0.0143. The summed E-state index contributed by atoms with van der Waals surface area (Å²) in [6, 6.07) is 0. The maximum Gasteiger partial charge on any atom is 0.334 e. The van der Waals surface area contributed by atoms with E-state index in [4.69, 9.17) is 0 Å². The fraction of sp³-hybridized carbons (Fsp3) is 0.750. The molecule has 1 unspecified atom stereocenters. The van der Waals surface area contributed by atoms with E-state index >= 15 is 0 Å². The average molecular weight is 268 g/mol. The topological polar surface area (TPSA) is 93.2 Å². The molecule has 1 aliphatic rings. The molecule has 1 aromatic heterocycles. The van der Waals surface area contributed by atoms with Crippen molar-refractivity contribution in [2.45, 2.75) is 38.7 Å². The number of nitrogens with one attached hydrogen (secondary N) is 1. The Morgan fingerprint density at radius 3 is 2.68 bits per heavy atom. The molecule has 19 heavy (non-hydrogen) atoms. The van der Waals surface area contributed by atoms with E-state index in [1.54, 1.807) is 7.05 Å². The van der Waals surface area contributed by atoms with E-state index in [1.165, 1.54) is 4.68 Å². The summed E-state index contributed by atoms with van der Waals surface area (Å²) < 4.78 is 1.48. The van der Waals surface area contributed by atoms with Gasteiger partial charge in [0.15, 0.2) is 0 Å². The lowest BCUT2D eigenvalue weighted by Gasteiger charge is -2.11. The van der Waals surface area contributed by atoms with Crippen LogP contribution in [0.2, 0.25) is 0 Å². The Labute approximate surface area is 111 Å². The molecule has 2 rings (SSSR count). The Balaban J connectivity index is 2.20. The van der Waals surface area contributed by atoms with Crippen LogP contribution < -0.4 is 5.32 Å². The van der Waals surface area contributed by atoms with Crippen molar-refractivity contribution in [3.63, 3.8) is 0 Å². The number of anilines is 1. The zero-order chi connectivity index (χ0) is 14.2. The lowest BCUT2D eigenvalue weighted by Crippen LogP contribution is -2.22. The molecule has 1 heterocycles. The van der Waals surface area contributed by atoms with Crippen LogP contribution in [0.15, 0.2) is 0 Å². The molecule has 2 N–H and O–H groups in total. The van der Waals surface area contributed by atoms with Gasteiger partial charge in [0.1, 0.15) is 5.69 Å². The first-order valence-corrected chi connectivity index (χ1v) is 6.55. The molecule has 7 nitrogen and oxygen atoms in total.